The zero-order valence-corrected chi connectivity index (χ0v) is 14.7. The summed E-state index contributed by atoms with van der Waals surface area (Å²) in [7, 11) is 0. The maximum Gasteiger partial charge on any atom is 0.248 e. The highest BCUT2D eigenvalue weighted by molar-refractivity contribution is 9.10. The lowest BCUT2D eigenvalue weighted by atomic mass is 9.95. The average molecular weight is 394 g/mol. The number of carbonyl (C=O) groups is 1. The van der Waals surface area contributed by atoms with E-state index >= 15 is 0 Å². The second kappa shape index (κ2) is 6.16. The third kappa shape index (κ3) is 2.60. The number of hydrogen-bond acceptors (Lipinski definition) is 6. The van der Waals surface area contributed by atoms with Crippen molar-refractivity contribution >= 4 is 27.8 Å². The topological polar surface area (TPSA) is 115 Å². The van der Waals surface area contributed by atoms with Gasteiger partial charge in [0.1, 0.15) is 12.4 Å². The number of phenolic OH excluding ortho intramolecular Hbond substituents is 1. The summed E-state index contributed by atoms with van der Waals surface area (Å²) in [5.41, 5.74) is 7.25. The summed E-state index contributed by atoms with van der Waals surface area (Å²) >= 11 is 3.31. The fraction of sp³-hybridized carbons (Fsp3) is 0.267. The maximum absolute atomic E-state index is 12.0. The van der Waals surface area contributed by atoms with Crippen molar-refractivity contribution in [1.29, 1.82) is 0 Å². The molecule has 2 heterocycles. The number of rotatable bonds is 4. The van der Waals surface area contributed by atoms with Crippen LogP contribution in [0.2, 0.25) is 0 Å². The first-order chi connectivity index (χ1) is 11.4. The fourth-order valence-corrected chi connectivity index (χ4v) is 3.20. The largest absolute Gasteiger partial charge is 0.503 e. The second-order valence-corrected chi connectivity index (χ2v) is 6.10. The Kier molecular flexibility index (Phi) is 4.18. The van der Waals surface area contributed by atoms with E-state index in [1.54, 1.807) is 23.7 Å². The molecule has 1 aliphatic heterocycles. The summed E-state index contributed by atoms with van der Waals surface area (Å²) in [6, 6.07) is 2.80. The molecule has 1 amide bonds. The molecule has 126 valence electrons. The van der Waals surface area contributed by atoms with Gasteiger partial charge in [-0.05, 0) is 47.5 Å². The number of primary amides is 1. The highest BCUT2D eigenvalue weighted by atomic mass is 79.9. The number of amides is 1. The third-order valence-electron chi connectivity index (χ3n) is 3.73. The third-order valence-corrected chi connectivity index (χ3v) is 4.33. The molecular formula is C15H16BrN5O3. The predicted octanol–water partition coefficient (Wildman–Crippen LogP) is 1.92. The molecule has 0 aliphatic carbocycles. The van der Waals surface area contributed by atoms with E-state index in [2.05, 4.69) is 31.3 Å². The number of allylic oxidation sites excluding steroid dienone is 1. The molecule has 8 nitrogen and oxygen atoms in total. The van der Waals surface area contributed by atoms with Crippen LogP contribution in [-0.4, -0.2) is 32.4 Å². The molecule has 24 heavy (non-hydrogen) atoms. The summed E-state index contributed by atoms with van der Waals surface area (Å²) in [6.07, 6.45) is 1.39. The lowest BCUT2D eigenvalue weighted by Gasteiger charge is -2.28. The summed E-state index contributed by atoms with van der Waals surface area (Å²) in [5.74, 6) is 0.246. The van der Waals surface area contributed by atoms with Gasteiger partial charge in [0, 0.05) is 5.70 Å². The van der Waals surface area contributed by atoms with Gasteiger partial charge in [0.05, 0.1) is 16.7 Å². The quantitative estimate of drug-likeness (QED) is 0.730. The van der Waals surface area contributed by atoms with E-state index in [1.807, 2.05) is 6.92 Å². The SMILES string of the molecule is CCOc1cc(C2C(C(N)=O)=C(C)Nc3ncnn32)cc(Br)c1O. The Balaban J connectivity index is 2.21. The minimum absolute atomic E-state index is 0.00493. The van der Waals surface area contributed by atoms with Crippen molar-refractivity contribution in [2.45, 2.75) is 19.9 Å². The number of hydrogen-bond donors (Lipinski definition) is 3. The Bertz CT molecular complexity index is 846. The molecule has 1 unspecified atom stereocenters. The molecule has 0 saturated carbocycles. The number of aromatic hydroxyl groups is 1. The number of phenols is 1. The van der Waals surface area contributed by atoms with Crippen molar-refractivity contribution in [2.24, 2.45) is 5.73 Å². The van der Waals surface area contributed by atoms with Crippen LogP contribution in [-0.2, 0) is 4.79 Å². The van der Waals surface area contributed by atoms with Crippen LogP contribution in [0.1, 0.15) is 25.5 Å². The molecule has 1 atom stereocenters. The van der Waals surface area contributed by atoms with E-state index in [0.29, 0.717) is 39.6 Å². The van der Waals surface area contributed by atoms with Gasteiger partial charge in [-0.15, -0.1) is 0 Å². The maximum atomic E-state index is 12.0. The molecule has 3 rings (SSSR count). The molecule has 0 fully saturated rings. The van der Waals surface area contributed by atoms with E-state index in [9.17, 15) is 9.90 Å². The number of benzene rings is 1. The van der Waals surface area contributed by atoms with Gasteiger partial charge in [-0.25, -0.2) is 4.68 Å². The number of nitrogens with zero attached hydrogens (tertiary/aromatic N) is 3. The number of carbonyl (C=O) groups excluding carboxylic acids is 1. The van der Waals surface area contributed by atoms with Crippen LogP contribution in [0.3, 0.4) is 0 Å². The molecular weight excluding hydrogens is 378 g/mol. The predicted molar refractivity (Wildman–Crippen MR) is 90.7 cm³/mol. The zero-order valence-electron chi connectivity index (χ0n) is 13.1. The first-order valence-corrected chi connectivity index (χ1v) is 8.05. The lowest BCUT2D eigenvalue weighted by molar-refractivity contribution is -0.115. The Morgan fingerprint density at radius 1 is 1.54 bits per heavy atom. The first kappa shape index (κ1) is 16.3. The van der Waals surface area contributed by atoms with Crippen LogP contribution in [0, 0.1) is 0 Å². The van der Waals surface area contributed by atoms with Gasteiger partial charge in [0.15, 0.2) is 11.5 Å². The van der Waals surface area contributed by atoms with Gasteiger partial charge in [0.2, 0.25) is 11.9 Å². The molecule has 0 radical (unpaired) electrons. The highest BCUT2D eigenvalue weighted by Gasteiger charge is 2.33. The lowest BCUT2D eigenvalue weighted by Crippen LogP contribution is -2.31. The van der Waals surface area contributed by atoms with Crippen LogP contribution >= 0.6 is 15.9 Å². The monoisotopic (exact) mass is 393 g/mol. The normalized spacial score (nSPS) is 16.5. The Morgan fingerprint density at radius 3 is 2.96 bits per heavy atom. The average Bonchev–Trinajstić information content (AvgIpc) is 2.97. The molecule has 1 aromatic heterocycles. The summed E-state index contributed by atoms with van der Waals surface area (Å²) < 4.78 is 7.49. The molecule has 4 N–H and O–H groups in total. The van der Waals surface area contributed by atoms with Crippen molar-refractivity contribution in [3.05, 3.63) is 39.8 Å². The molecule has 0 saturated heterocycles. The van der Waals surface area contributed by atoms with E-state index in [-0.39, 0.29) is 5.75 Å². The second-order valence-electron chi connectivity index (χ2n) is 5.24. The highest BCUT2D eigenvalue weighted by Crippen LogP contribution is 2.41. The van der Waals surface area contributed by atoms with Crippen LogP contribution in [0.5, 0.6) is 11.5 Å². The van der Waals surface area contributed by atoms with Crippen LogP contribution in [0.4, 0.5) is 5.95 Å². The number of ether oxygens (including phenoxy) is 1. The van der Waals surface area contributed by atoms with Crippen molar-refractivity contribution < 1.29 is 14.6 Å². The van der Waals surface area contributed by atoms with E-state index in [4.69, 9.17) is 10.5 Å². The Morgan fingerprint density at radius 2 is 2.29 bits per heavy atom. The van der Waals surface area contributed by atoms with Crippen LogP contribution < -0.4 is 15.8 Å². The summed E-state index contributed by atoms with van der Waals surface area (Å²) in [6.45, 7) is 3.96. The standard InChI is InChI=1S/C15H16BrN5O3/c1-3-24-10-5-8(4-9(16)13(10)22)12-11(14(17)23)7(2)20-15-18-6-19-21(12)15/h4-6,12,22H,3H2,1-2H3,(H2,17,23)(H,18,19,20). The molecule has 2 aromatic rings. The Hall–Kier alpha value is -2.55. The number of nitrogens with two attached hydrogens (primary N) is 1. The molecule has 0 spiro atoms. The van der Waals surface area contributed by atoms with Crippen LogP contribution in [0.25, 0.3) is 0 Å². The van der Waals surface area contributed by atoms with Gasteiger partial charge in [-0.3, -0.25) is 4.79 Å². The van der Waals surface area contributed by atoms with Gasteiger partial charge >= 0.3 is 0 Å². The number of anilines is 1. The van der Waals surface area contributed by atoms with Gasteiger partial charge in [0.25, 0.3) is 0 Å². The minimum Gasteiger partial charge on any atom is -0.503 e. The molecule has 1 aliphatic rings. The summed E-state index contributed by atoms with van der Waals surface area (Å²) in [4.78, 5) is 16.2. The number of fused-ring (bicyclic) bond motifs is 1. The van der Waals surface area contributed by atoms with E-state index < -0.39 is 11.9 Å². The summed E-state index contributed by atoms with van der Waals surface area (Å²) in [5, 5.41) is 17.3. The van der Waals surface area contributed by atoms with Crippen molar-refractivity contribution in [2.75, 3.05) is 11.9 Å². The van der Waals surface area contributed by atoms with E-state index in [0.717, 1.165) is 0 Å². The molecule has 9 heteroatoms. The van der Waals surface area contributed by atoms with Crippen molar-refractivity contribution in [1.82, 2.24) is 14.8 Å². The zero-order chi connectivity index (χ0) is 17.4. The molecule has 0 bridgehead atoms. The molecule has 1 aromatic carbocycles. The fourth-order valence-electron chi connectivity index (χ4n) is 2.74. The number of aromatic nitrogens is 3. The van der Waals surface area contributed by atoms with Crippen LogP contribution in [0.15, 0.2) is 34.2 Å². The van der Waals surface area contributed by atoms with Crippen molar-refractivity contribution in [3.8, 4) is 11.5 Å². The van der Waals surface area contributed by atoms with E-state index in [1.165, 1.54) is 6.33 Å². The van der Waals surface area contributed by atoms with Gasteiger partial charge in [-0.2, -0.15) is 10.1 Å². The van der Waals surface area contributed by atoms with Gasteiger partial charge < -0.3 is 20.9 Å². The Labute approximate surface area is 146 Å². The minimum atomic E-state index is -0.572. The number of halogens is 1. The smallest absolute Gasteiger partial charge is 0.248 e. The first-order valence-electron chi connectivity index (χ1n) is 7.26. The van der Waals surface area contributed by atoms with Gasteiger partial charge in [-0.1, -0.05) is 0 Å². The van der Waals surface area contributed by atoms with Crippen molar-refractivity contribution in [3.63, 3.8) is 0 Å². The number of nitrogens with one attached hydrogen (secondary N) is 1.